The molecule has 5 atom stereocenters. The maximum atomic E-state index is 12.2. The molecule has 27 heavy (non-hydrogen) atoms. The molecule has 1 aliphatic heterocycles. The van der Waals surface area contributed by atoms with Crippen LogP contribution in [0.15, 0.2) is 24.3 Å². The lowest BCUT2D eigenvalue weighted by Crippen LogP contribution is -2.64. The molecule has 9 nitrogen and oxygen atoms in total. The number of urea groups is 1. The maximum Gasteiger partial charge on any atom is 0.323 e. The van der Waals surface area contributed by atoms with E-state index in [2.05, 4.69) is 10.6 Å². The van der Waals surface area contributed by atoms with E-state index in [0.717, 1.165) is 5.56 Å². The van der Waals surface area contributed by atoms with Crippen molar-refractivity contribution in [2.45, 2.75) is 56.8 Å². The van der Waals surface area contributed by atoms with Crippen molar-refractivity contribution < 1.29 is 34.8 Å². The van der Waals surface area contributed by atoms with Crippen molar-refractivity contribution in [2.24, 2.45) is 0 Å². The van der Waals surface area contributed by atoms with E-state index in [0.29, 0.717) is 0 Å². The highest BCUT2D eigenvalue weighted by molar-refractivity contribution is 6.04. The molecule has 0 aliphatic carbocycles. The van der Waals surface area contributed by atoms with Crippen molar-refractivity contribution in [2.75, 3.05) is 6.61 Å². The average molecular weight is 382 g/mol. The smallest absolute Gasteiger partial charge is 0.323 e. The van der Waals surface area contributed by atoms with Gasteiger partial charge in [0.05, 0.1) is 6.61 Å². The topological polar surface area (TPSA) is 148 Å². The largest absolute Gasteiger partial charge is 0.394 e. The molecule has 0 saturated carbocycles. The summed E-state index contributed by atoms with van der Waals surface area (Å²) in [5.74, 6) is -0.655. The fourth-order valence-corrected chi connectivity index (χ4v) is 2.68. The number of carbonyl (C=O) groups excluding carboxylic acids is 2. The van der Waals surface area contributed by atoms with Crippen LogP contribution in [0.4, 0.5) is 4.79 Å². The quantitative estimate of drug-likeness (QED) is 0.402. The van der Waals surface area contributed by atoms with Crippen molar-refractivity contribution in [3.05, 3.63) is 35.4 Å². The highest BCUT2D eigenvalue weighted by atomic mass is 16.6. The third kappa shape index (κ3) is 5.02. The number of hydrogen-bond donors (Lipinski definition) is 6. The Morgan fingerprint density at radius 1 is 1.04 bits per heavy atom. The van der Waals surface area contributed by atoms with E-state index in [1.807, 2.05) is 20.8 Å². The van der Waals surface area contributed by atoms with E-state index in [1.165, 1.54) is 0 Å². The summed E-state index contributed by atoms with van der Waals surface area (Å²) in [6.45, 7) is 5.49. The van der Waals surface area contributed by atoms with Crippen LogP contribution < -0.4 is 10.6 Å². The summed E-state index contributed by atoms with van der Waals surface area (Å²) >= 11 is 0. The number of rotatable bonds is 3. The van der Waals surface area contributed by atoms with Crippen LogP contribution in [0.1, 0.15) is 36.7 Å². The standard InChI is InChI=1S/C18H26N2O7/c1-18(2,3)10-6-4-9(5-7-10)15(25)19-17(26)20-16-14(24)13(23)12(22)11(8-21)27-16/h4-7,11-14,16,21-24H,8H2,1-3H3,(H2,19,20,25,26)/t11-,12-,13+,14-,16-/m1/s1. The van der Waals surface area contributed by atoms with Gasteiger partial charge in [-0.1, -0.05) is 32.9 Å². The van der Waals surface area contributed by atoms with E-state index < -0.39 is 49.2 Å². The van der Waals surface area contributed by atoms with Gasteiger partial charge in [0.15, 0.2) is 6.23 Å². The van der Waals surface area contributed by atoms with Crippen molar-refractivity contribution in [3.8, 4) is 0 Å². The number of hydrogen-bond acceptors (Lipinski definition) is 7. The van der Waals surface area contributed by atoms with Crippen LogP contribution in [0, 0.1) is 0 Å². The van der Waals surface area contributed by atoms with Gasteiger partial charge in [-0.05, 0) is 23.1 Å². The Bertz CT molecular complexity index is 669. The zero-order chi connectivity index (χ0) is 20.4. The van der Waals surface area contributed by atoms with Gasteiger partial charge in [0.2, 0.25) is 0 Å². The lowest BCUT2D eigenvalue weighted by molar-refractivity contribution is -0.233. The minimum absolute atomic E-state index is 0.0739. The molecule has 0 bridgehead atoms. The highest BCUT2D eigenvalue weighted by Gasteiger charge is 2.44. The van der Waals surface area contributed by atoms with E-state index in [1.54, 1.807) is 24.3 Å². The summed E-state index contributed by atoms with van der Waals surface area (Å²) in [5, 5.41) is 42.7. The molecule has 0 aromatic heterocycles. The van der Waals surface area contributed by atoms with E-state index >= 15 is 0 Å². The molecular weight excluding hydrogens is 356 g/mol. The first kappa shape index (κ1) is 21.3. The summed E-state index contributed by atoms with van der Waals surface area (Å²) in [6.07, 6.45) is -7.35. The number of imide groups is 1. The van der Waals surface area contributed by atoms with Crippen LogP contribution >= 0.6 is 0 Å². The average Bonchev–Trinajstić information content (AvgIpc) is 2.61. The molecule has 0 unspecified atom stereocenters. The zero-order valence-corrected chi connectivity index (χ0v) is 15.4. The first-order valence-corrected chi connectivity index (χ1v) is 8.57. The number of carbonyl (C=O) groups is 2. The molecule has 9 heteroatoms. The Morgan fingerprint density at radius 3 is 2.15 bits per heavy atom. The second-order valence-electron chi connectivity index (χ2n) is 7.50. The highest BCUT2D eigenvalue weighted by Crippen LogP contribution is 2.22. The van der Waals surface area contributed by atoms with Crippen molar-refractivity contribution in [1.82, 2.24) is 10.6 Å². The fraction of sp³-hybridized carbons (Fsp3) is 0.556. The molecule has 1 fully saturated rings. The summed E-state index contributed by atoms with van der Waals surface area (Å²) in [4.78, 5) is 24.2. The molecule has 150 valence electrons. The molecule has 1 aromatic rings. The number of nitrogens with one attached hydrogen (secondary N) is 2. The van der Waals surface area contributed by atoms with E-state index in [-0.39, 0.29) is 11.0 Å². The van der Waals surface area contributed by atoms with E-state index in [4.69, 9.17) is 9.84 Å². The molecule has 1 aromatic carbocycles. The summed E-state index contributed by atoms with van der Waals surface area (Å²) in [7, 11) is 0. The molecule has 2 rings (SSSR count). The number of aliphatic hydroxyl groups excluding tert-OH is 4. The first-order chi connectivity index (χ1) is 12.5. The van der Waals surface area contributed by atoms with E-state index in [9.17, 15) is 24.9 Å². The normalized spacial score (nSPS) is 28.5. The van der Waals surface area contributed by atoms with Crippen LogP contribution in [0.5, 0.6) is 0 Å². The van der Waals surface area contributed by atoms with Gasteiger partial charge in [-0.25, -0.2) is 4.79 Å². The first-order valence-electron chi connectivity index (χ1n) is 8.57. The lowest BCUT2D eigenvalue weighted by Gasteiger charge is -2.39. The van der Waals surface area contributed by atoms with Crippen molar-refractivity contribution >= 4 is 11.9 Å². The third-order valence-electron chi connectivity index (χ3n) is 4.41. The summed E-state index contributed by atoms with van der Waals surface area (Å²) < 4.78 is 5.15. The summed E-state index contributed by atoms with van der Waals surface area (Å²) in [6, 6.07) is 5.83. The van der Waals surface area contributed by atoms with Gasteiger partial charge in [-0.3, -0.25) is 10.1 Å². The molecular formula is C18H26N2O7. The lowest BCUT2D eigenvalue weighted by atomic mass is 9.87. The van der Waals surface area contributed by atoms with Crippen LogP contribution in [-0.4, -0.2) is 69.6 Å². The SMILES string of the molecule is CC(C)(C)c1ccc(C(=O)NC(=O)N[C@@H]2O[C@H](CO)[C@@H](O)[C@H](O)[C@H]2O)cc1. The number of aliphatic hydroxyl groups is 4. The second-order valence-corrected chi connectivity index (χ2v) is 7.50. The van der Waals surface area contributed by atoms with Gasteiger partial charge in [0.25, 0.3) is 5.91 Å². The van der Waals surface area contributed by atoms with Gasteiger partial charge in [-0.2, -0.15) is 0 Å². The Labute approximate surface area is 157 Å². The summed E-state index contributed by atoms with van der Waals surface area (Å²) in [5.41, 5.74) is 1.23. The molecule has 3 amide bonds. The molecule has 1 heterocycles. The molecule has 0 spiro atoms. The van der Waals surface area contributed by atoms with Gasteiger partial charge < -0.3 is 30.5 Å². The van der Waals surface area contributed by atoms with Crippen molar-refractivity contribution in [1.29, 1.82) is 0 Å². The minimum atomic E-state index is -1.63. The molecule has 1 aliphatic rings. The Hall–Kier alpha value is -2.04. The van der Waals surface area contributed by atoms with Crippen LogP contribution in [-0.2, 0) is 10.2 Å². The molecule has 0 radical (unpaired) electrons. The second kappa shape index (κ2) is 8.32. The minimum Gasteiger partial charge on any atom is -0.394 e. The fourth-order valence-electron chi connectivity index (χ4n) is 2.68. The maximum absolute atomic E-state index is 12.2. The van der Waals surface area contributed by atoms with Crippen LogP contribution in [0.3, 0.4) is 0 Å². The number of ether oxygens (including phenoxy) is 1. The predicted octanol–water partition coefficient (Wildman–Crippen LogP) is -0.777. The Morgan fingerprint density at radius 2 is 1.63 bits per heavy atom. The zero-order valence-electron chi connectivity index (χ0n) is 15.4. The Balaban J connectivity index is 1.97. The van der Waals surface area contributed by atoms with Crippen LogP contribution in [0.25, 0.3) is 0 Å². The van der Waals surface area contributed by atoms with Gasteiger partial charge in [-0.15, -0.1) is 0 Å². The monoisotopic (exact) mass is 382 g/mol. The predicted molar refractivity (Wildman–Crippen MR) is 94.9 cm³/mol. The number of benzene rings is 1. The molecule has 1 saturated heterocycles. The van der Waals surface area contributed by atoms with Gasteiger partial charge >= 0.3 is 6.03 Å². The Kier molecular flexibility index (Phi) is 6.55. The van der Waals surface area contributed by atoms with Gasteiger partial charge in [0.1, 0.15) is 24.4 Å². The van der Waals surface area contributed by atoms with Gasteiger partial charge in [0, 0.05) is 5.56 Å². The molecule has 6 N–H and O–H groups in total. The number of amides is 3. The third-order valence-corrected chi connectivity index (χ3v) is 4.41. The van der Waals surface area contributed by atoms with Crippen molar-refractivity contribution in [3.63, 3.8) is 0 Å². The van der Waals surface area contributed by atoms with Crippen LogP contribution in [0.2, 0.25) is 0 Å².